The first-order chi connectivity index (χ1) is 5.06. The molecule has 0 aliphatic rings. The summed E-state index contributed by atoms with van der Waals surface area (Å²) in [6.07, 6.45) is 0.944. The first-order valence-electron chi connectivity index (χ1n) is 2.53. The van der Waals surface area contributed by atoms with Gasteiger partial charge in [-0.3, -0.25) is 0 Å². The summed E-state index contributed by atoms with van der Waals surface area (Å²) in [7, 11) is 0. The predicted octanol–water partition coefficient (Wildman–Crippen LogP) is 0.566. The normalized spacial score (nSPS) is 8.09. The van der Waals surface area contributed by atoms with Gasteiger partial charge in [-0.2, -0.15) is 5.10 Å². The molecule has 0 aliphatic carbocycles. The minimum Gasteiger partial charge on any atom is -0.478 e. The maximum atomic E-state index is 9.60. The van der Waals surface area contributed by atoms with Crippen molar-refractivity contribution in [1.29, 1.82) is 5.53 Å². The van der Waals surface area contributed by atoms with Crippen molar-refractivity contribution in [2.24, 2.45) is 16.1 Å². The molecule has 0 rings (SSSR count). The molecule has 4 N–H and O–H groups in total. The number of carbonyl (C=O) groups is 1. The minimum atomic E-state index is -0.935. The van der Waals surface area contributed by atoms with Crippen LogP contribution in [-0.4, -0.2) is 17.4 Å². The molecule has 0 spiro atoms. The van der Waals surface area contributed by atoms with E-state index in [4.69, 9.17) is 10.6 Å². The monoisotopic (exact) mass is 158 g/mol. The van der Waals surface area contributed by atoms with Gasteiger partial charge in [-0.1, -0.05) is 6.58 Å². The molecule has 0 heterocycles. The molecule has 0 bridgehead atoms. The SMILES string of the molecule is C=C(C)C(=O)O.N=NC=NN. The lowest BCUT2D eigenvalue weighted by Crippen LogP contribution is -1.92. The zero-order valence-electron chi connectivity index (χ0n) is 6.11. The van der Waals surface area contributed by atoms with Gasteiger partial charge in [0.25, 0.3) is 0 Å². The number of hydrogen-bond donors (Lipinski definition) is 3. The number of nitrogens with one attached hydrogen (secondary N) is 1. The fraction of sp³-hybridized carbons (Fsp3) is 0.200. The van der Waals surface area contributed by atoms with Gasteiger partial charge in [0.1, 0.15) is 0 Å². The molecule has 0 saturated carbocycles. The van der Waals surface area contributed by atoms with E-state index < -0.39 is 5.97 Å². The Balaban J connectivity index is 0. The molecule has 6 heteroatoms. The van der Waals surface area contributed by atoms with Crippen molar-refractivity contribution < 1.29 is 9.90 Å². The Kier molecular flexibility index (Phi) is 9.04. The highest BCUT2D eigenvalue weighted by Gasteiger charge is 1.90. The highest BCUT2D eigenvalue weighted by atomic mass is 16.4. The summed E-state index contributed by atoms with van der Waals surface area (Å²) in [5.41, 5.74) is 6.17. The van der Waals surface area contributed by atoms with Crippen molar-refractivity contribution in [3.63, 3.8) is 0 Å². The highest BCUT2D eigenvalue weighted by Crippen LogP contribution is 1.81. The fourth-order valence-electron chi connectivity index (χ4n) is 0.0333. The van der Waals surface area contributed by atoms with E-state index >= 15 is 0 Å². The van der Waals surface area contributed by atoms with Crippen LogP contribution in [0.15, 0.2) is 22.4 Å². The summed E-state index contributed by atoms with van der Waals surface area (Å²) in [5, 5.41) is 13.5. The standard InChI is InChI=1S/C4H6O2.CH4N4/c1-3(2)4(5)6;2-4-1-5-3/h1H2,2H3,(H,5,6);1-2H,3H2. The van der Waals surface area contributed by atoms with Gasteiger partial charge in [-0.15, -0.1) is 5.11 Å². The van der Waals surface area contributed by atoms with Crippen LogP contribution in [0.1, 0.15) is 6.92 Å². The molecule has 0 unspecified atom stereocenters. The van der Waals surface area contributed by atoms with Gasteiger partial charge in [0, 0.05) is 5.57 Å². The lowest BCUT2D eigenvalue weighted by Gasteiger charge is -1.79. The third-order valence-corrected chi connectivity index (χ3v) is 0.489. The van der Waals surface area contributed by atoms with E-state index in [0.29, 0.717) is 0 Å². The van der Waals surface area contributed by atoms with Crippen LogP contribution in [0.3, 0.4) is 0 Å². The van der Waals surface area contributed by atoms with Crippen LogP contribution in [0.5, 0.6) is 0 Å². The Labute approximate surface area is 63.9 Å². The smallest absolute Gasteiger partial charge is 0.330 e. The van der Waals surface area contributed by atoms with E-state index in [2.05, 4.69) is 22.6 Å². The topological polar surface area (TPSA) is 112 Å². The lowest BCUT2D eigenvalue weighted by atomic mass is 10.4. The van der Waals surface area contributed by atoms with Gasteiger partial charge >= 0.3 is 5.97 Å². The Morgan fingerprint density at radius 1 is 1.82 bits per heavy atom. The number of rotatable bonds is 2. The molecule has 0 atom stereocenters. The van der Waals surface area contributed by atoms with Gasteiger partial charge in [0.2, 0.25) is 0 Å². The van der Waals surface area contributed by atoms with Crippen molar-refractivity contribution in [2.75, 3.05) is 0 Å². The minimum absolute atomic E-state index is 0.176. The third kappa shape index (κ3) is 17.8. The van der Waals surface area contributed by atoms with Crippen molar-refractivity contribution in [1.82, 2.24) is 0 Å². The van der Waals surface area contributed by atoms with Crippen molar-refractivity contribution in [2.45, 2.75) is 6.92 Å². The molecule has 0 aliphatic heterocycles. The number of carboxylic acid groups (broad SMARTS) is 1. The number of hydrazone groups is 1. The van der Waals surface area contributed by atoms with Crippen molar-refractivity contribution in [3.8, 4) is 0 Å². The predicted molar refractivity (Wildman–Crippen MR) is 40.3 cm³/mol. The van der Waals surface area contributed by atoms with Crippen molar-refractivity contribution >= 4 is 12.3 Å². The summed E-state index contributed by atoms with van der Waals surface area (Å²) < 4.78 is 0. The first kappa shape index (κ1) is 12.0. The maximum absolute atomic E-state index is 9.60. The third-order valence-electron chi connectivity index (χ3n) is 0.489. The second-order valence-electron chi connectivity index (χ2n) is 1.48. The van der Waals surface area contributed by atoms with Gasteiger partial charge in [-0.25, -0.2) is 10.3 Å². The molecule has 0 aromatic rings. The van der Waals surface area contributed by atoms with Gasteiger partial charge < -0.3 is 10.9 Å². The first-order valence-corrected chi connectivity index (χ1v) is 2.53. The van der Waals surface area contributed by atoms with Gasteiger partial charge in [-0.05, 0) is 6.92 Å². The van der Waals surface area contributed by atoms with Crippen LogP contribution in [0, 0.1) is 5.53 Å². The quantitative estimate of drug-likeness (QED) is 0.136. The van der Waals surface area contributed by atoms with Crippen LogP contribution < -0.4 is 5.84 Å². The molecule has 0 saturated heterocycles. The summed E-state index contributed by atoms with van der Waals surface area (Å²) in [6.45, 7) is 4.60. The number of hydrogen-bond acceptors (Lipinski definition) is 4. The Hall–Kier alpha value is -1.72. The van der Waals surface area contributed by atoms with Crippen LogP contribution in [0.25, 0.3) is 0 Å². The summed E-state index contributed by atoms with van der Waals surface area (Å²) in [4.78, 5) is 9.60. The van der Waals surface area contributed by atoms with Crippen LogP contribution in [-0.2, 0) is 4.79 Å². The van der Waals surface area contributed by atoms with E-state index in [9.17, 15) is 4.79 Å². The van der Waals surface area contributed by atoms with E-state index in [1.165, 1.54) is 6.92 Å². The van der Waals surface area contributed by atoms with Gasteiger partial charge in [0.05, 0.1) is 0 Å². The summed E-state index contributed by atoms with van der Waals surface area (Å²) >= 11 is 0. The molecule has 0 fully saturated rings. The molecule has 0 radical (unpaired) electrons. The van der Waals surface area contributed by atoms with Crippen molar-refractivity contribution in [3.05, 3.63) is 12.2 Å². The lowest BCUT2D eigenvalue weighted by molar-refractivity contribution is -0.132. The van der Waals surface area contributed by atoms with Crippen LogP contribution >= 0.6 is 0 Å². The van der Waals surface area contributed by atoms with Crippen LogP contribution in [0.2, 0.25) is 0 Å². The zero-order chi connectivity index (χ0) is 9.28. The molecule has 6 nitrogen and oxygen atoms in total. The summed E-state index contributed by atoms with van der Waals surface area (Å²) in [6, 6.07) is 0. The maximum Gasteiger partial charge on any atom is 0.330 e. The van der Waals surface area contributed by atoms with Gasteiger partial charge in [0.15, 0.2) is 6.34 Å². The number of nitrogens with two attached hydrogens (primary N) is 1. The van der Waals surface area contributed by atoms with Crippen LogP contribution in [0.4, 0.5) is 0 Å². The molecular formula is C5H10N4O2. The average molecular weight is 158 g/mol. The average Bonchev–Trinajstić information content (AvgIpc) is 1.90. The number of carboxylic acids is 1. The largest absolute Gasteiger partial charge is 0.478 e. The second-order valence-corrected chi connectivity index (χ2v) is 1.48. The Bertz CT molecular complexity index is 163. The molecule has 0 amide bonds. The summed E-state index contributed by atoms with van der Waals surface area (Å²) in [5.74, 6) is 3.56. The van der Waals surface area contributed by atoms with E-state index in [-0.39, 0.29) is 5.57 Å². The molecule has 0 aromatic heterocycles. The second kappa shape index (κ2) is 8.28. The van der Waals surface area contributed by atoms with E-state index in [0.717, 1.165) is 6.34 Å². The van der Waals surface area contributed by atoms with E-state index in [1.807, 2.05) is 0 Å². The molecule has 0 aromatic carbocycles. The molecule has 62 valence electrons. The zero-order valence-corrected chi connectivity index (χ0v) is 6.11. The molecule has 11 heavy (non-hydrogen) atoms. The Morgan fingerprint density at radius 2 is 2.18 bits per heavy atom. The number of aliphatic carboxylic acids is 1. The molecular weight excluding hydrogens is 148 g/mol. The fourth-order valence-corrected chi connectivity index (χ4v) is 0.0333. The van der Waals surface area contributed by atoms with E-state index in [1.54, 1.807) is 0 Å². The Morgan fingerprint density at radius 3 is 2.18 bits per heavy atom. The number of nitrogens with zero attached hydrogens (tertiary/aromatic N) is 2. The highest BCUT2D eigenvalue weighted by molar-refractivity contribution is 5.84.